The number of benzene rings is 1. The number of urea groups is 1. The van der Waals surface area contributed by atoms with Gasteiger partial charge in [-0.25, -0.2) is 9.78 Å². The van der Waals surface area contributed by atoms with E-state index in [-0.39, 0.29) is 6.03 Å². The van der Waals surface area contributed by atoms with Gasteiger partial charge >= 0.3 is 6.03 Å². The predicted octanol–water partition coefficient (Wildman–Crippen LogP) is 3.65. The van der Waals surface area contributed by atoms with Gasteiger partial charge in [-0.2, -0.15) is 0 Å². The molecule has 6 nitrogen and oxygen atoms in total. The average Bonchev–Trinajstić information content (AvgIpc) is 3.13. The van der Waals surface area contributed by atoms with Crippen LogP contribution in [-0.2, 0) is 11.3 Å². The first-order chi connectivity index (χ1) is 12.7. The van der Waals surface area contributed by atoms with E-state index in [1.165, 1.54) is 19.3 Å². The SMILES string of the molecule is C[C@H]1CCCC[C@H]1OCCNC(=O)Nc1cccc(Cn2ccnc2)c1. The molecule has 2 N–H and O–H groups in total. The summed E-state index contributed by atoms with van der Waals surface area (Å²) in [6.45, 7) is 4.05. The Morgan fingerprint density at radius 2 is 2.23 bits per heavy atom. The van der Waals surface area contributed by atoms with Gasteiger partial charge in [-0.1, -0.05) is 31.9 Å². The highest BCUT2D eigenvalue weighted by molar-refractivity contribution is 5.89. The molecule has 1 fully saturated rings. The van der Waals surface area contributed by atoms with E-state index >= 15 is 0 Å². The largest absolute Gasteiger partial charge is 0.376 e. The Morgan fingerprint density at radius 1 is 1.35 bits per heavy atom. The zero-order chi connectivity index (χ0) is 18.2. The van der Waals surface area contributed by atoms with Crippen molar-refractivity contribution in [1.29, 1.82) is 0 Å². The molecule has 140 valence electrons. The second-order valence-electron chi connectivity index (χ2n) is 6.99. The number of aromatic nitrogens is 2. The normalized spacial score (nSPS) is 19.9. The van der Waals surface area contributed by atoms with Gasteiger partial charge in [0.1, 0.15) is 0 Å². The van der Waals surface area contributed by atoms with Gasteiger partial charge in [0.25, 0.3) is 0 Å². The van der Waals surface area contributed by atoms with Crippen LogP contribution in [0.5, 0.6) is 0 Å². The molecule has 0 aliphatic heterocycles. The molecule has 2 amide bonds. The number of imidazole rings is 1. The maximum Gasteiger partial charge on any atom is 0.319 e. The number of ether oxygens (including phenoxy) is 1. The Kier molecular flexibility index (Phi) is 6.66. The van der Waals surface area contributed by atoms with Gasteiger partial charge in [0, 0.05) is 31.2 Å². The summed E-state index contributed by atoms with van der Waals surface area (Å²) in [7, 11) is 0. The minimum absolute atomic E-state index is 0.204. The molecule has 0 bridgehead atoms. The van der Waals surface area contributed by atoms with Crippen molar-refractivity contribution in [1.82, 2.24) is 14.9 Å². The lowest BCUT2D eigenvalue weighted by Gasteiger charge is -2.28. The number of rotatable bonds is 7. The third kappa shape index (κ3) is 5.59. The third-order valence-electron chi connectivity index (χ3n) is 4.86. The molecule has 2 atom stereocenters. The lowest BCUT2D eigenvalue weighted by atomic mass is 9.88. The van der Waals surface area contributed by atoms with E-state index in [9.17, 15) is 4.79 Å². The summed E-state index contributed by atoms with van der Waals surface area (Å²) in [5, 5.41) is 5.74. The van der Waals surface area contributed by atoms with Crippen LogP contribution in [0.25, 0.3) is 0 Å². The number of anilines is 1. The highest BCUT2D eigenvalue weighted by Crippen LogP contribution is 2.25. The Hall–Kier alpha value is -2.34. The zero-order valence-corrected chi connectivity index (χ0v) is 15.4. The number of amides is 2. The highest BCUT2D eigenvalue weighted by atomic mass is 16.5. The smallest absolute Gasteiger partial charge is 0.319 e. The molecule has 0 unspecified atom stereocenters. The van der Waals surface area contributed by atoms with E-state index in [1.54, 1.807) is 12.5 Å². The first kappa shape index (κ1) is 18.5. The molecule has 2 aromatic rings. The summed E-state index contributed by atoms with van der Waals surface area (Å²) in [5.74, 6) is 0.621. The van der Waals surface area contributed by atoms with Crippen molar-refractivity contribution in [3.63, 3.8) is 0 Å². The predicted molar refractivity (Wildman–Crippen MR) is 102 cm³/mol. The second-order valence-corrected chi connectivity index (χ2v) is 6.99. The quantitative estimate of drug-likeness (QED) is 0.744. The molecule has 0 saturated heterocycles. The van der Waals surface area contributed by atoms with Crippen LogP contribution in [0.4, 0.5) is 10.5 Å². The van der Waals surface area contributed by atoms with Crippen molar-refractivity contribution in [2.24, 2.45) is 5.92 Å². The van der Waals surface area contributed by atoms with Crippen molar-refractivity contribution in [2.45, 2.75) is 45.3 Å². The van der Waals surface area contributed by atoms with E-state index in [4.69, 9.17) is 4.74 Å². The monoisotopic (exact) mass is 356 g/mol. The van der Waals surface area contributed by atoms with Crippen molar-refractivity contribution in [3.8, 4) is 0 Å². The van der Waals surface area contributed by atoms with Crippen molar-refractivity contribution in [3.05, 3.63) is 48.5 Å². The summed E-state index contributed by atoms with van der Waals surface area (Å²) in [6.07, 6.45) is 10.7. The maximum absolute atomic E-state index is 12.1. The first-order valence-corrected chi connectivity index (χ1v) is 9.42. The minimum Gasteiger partial charge on any atom is -0.376 e. The molecule has 1 aliphatic carbocycles. The van der Waals surface area contributed by atoms with Gasteiger partial charge in [-0.15, -0.1) is 0 Å². The van der Waals surface area contributed by atoms with Crippen LogP contribution in [0.1, 0.15) is 38.2 Å². The Balaban J connectivity index is 1.39. The van der Waals surface area contributed by atoms with Crippen LogP contribution < -0.4 is 10.6 Å². The number of carbonyl (C=O) groups excluding carboxylic acids is 1. The minimum atomic E-state index is -0.204. The number of nitrogens with one attached hydrogen (secondary N) is 2. The molecule has 1 aromatic carbocycles. The van der Waals surface area contributed by atoms with E-state index in [0.717, 1.165) is 24.2 Å². The van der Waals surface area contributed by atoms with Crippen LogP contribution in [0.2, 0.25) is 0 Å². The molecule has 1 aliphatic rings. The Morgan fingerprint density at radius 3 is 3.04 bits per heavy atom. The lowest BCUT2D eigenvalue weighted by molar-refractivity contribution is -0.00232. The van der Waals surface area contributed by atoms with E-state index < -0.39 is 0 Å². The fourth-order valence-corrected chi connectivity index (χ4v) is 3.42. The van der Waals surface area contributed by atoms with Gasteiger partial charge in [0.05, 0.1) is 19.0 Å². The van der Waals surface area contributed by atoms with Gasteiger partial charge in [0.15, 0.2) is 0 Å². The molecule has 1 saturated carbocycles. The Bertz CT molecular complexity index is 687. The van der Waals surface area contributed by atoms with Crippen LogP contribution in [0.3, 0.4) is 0 Å². The molecule has 6 heteroatoms. The van der Waals surface area contributed by atoms with Crippen molar-refractivity contribution >= 4 is 11.7 Å². The zero-order valence-electron chi connectivity index (χ0n) is 15.4. The number of hydrogen-bond donors (Lipinski definition) is 2. The fraction of sp³-hybridized carbons (Fsp3) is 0.500. The third-order valence-corrected chi connectivity index (χ3v) is 4.86. The summed E-state index contributed by atoms with van der Waals surface area (Å²) >= 11 is 0. The van der Waals surface area contributed by atoms with Crippen molar-refractivity contribution < 1.29 is 9.53 Å². The number of carbonyl (C=O) groups is 1. The van der Waals surface area contributed by atoms with Crippen LogP contribution in [-0.4, -0.2) is 34.8 Å². The number of hydrogen-bond acceptors (Lipinski definition) is 3. The number of nitrogens with zero attached hydrogens (tertiary/aromatic N) is 2. The van der Waals surface area contributed by atoms with Gasteiger partial charge in [0.2, 0.25) is 0 Å². The molecule has 1 heterocycles. The summed E-state index contributed by atoms with van der Waals surface area (Å²) < 4.78 is 7.91. The summed E-state index contributed by atoms with van der Waals surface area (Å²) in [4.78, 5) is 16.1. The Labute approximate surface area is 155 Å². The topological polar surface area (TPSA) is 68.2 Å². The summed E-state index contributed by atoms with van der Waals surface area (Å²) in [5.41, 5.74) is 1.89. The van der Waals surface area contributed by atoms with E-state index in [0.29, 0.717) is 25.2 Å². The second kappa shape index (κ2) is 9.38. The standard InChI is InChI=1S/C20H28N4O2/c1-16-5-2-3-8-19(16)26-12-10-22-20(25)23-18-7-4-6-17(13-18)14-24-11-9-21-15-24/h4,6-7,9,11,13,15-16,19H,2-3,5,8,10,12,14H2,1H3,(H2,22,23,25)/t16-,19+/m0/s1. The van der Waals surface area contributed by atoms with E-state index in [2.05, 4.69) is 22.5 Å². The molecular formula is C20H28N4O2. The van der Waals surface area contributed by atoms with E-state index in [1.807, 2.05) is 35.0 Å². The van der Waals surface area contributed by atoms with Gasteiger partial charge < -0.3 is 19.9 Å². The average molecular weight is 356 g/mol. The molecule has 26 heavy (non-hydrogen) atoms. The maximum atomic E-state index is 12.1. The van der Waals surface area contributed by atoms with Crippen LogP contribution in [0, 0.1) is 5.92 Å². The molecule has 0 radical (unpaired) electrons. The molecule has 3 rings (SSSR count). The summed E-state index contributed by atoms with van der Waals surface area (Å²) in [6, 6.07) is 7.62. The molecule has 1 aromatic heterocycles. The van der Waals surface area contributed by atoms with Gasteiger partial charge in [-0.05, 0) is 36.5 Å². The fourth-order valence-electron chi connectivity index (χ4n) is 3.42. The van der Waals surface area contributed by atoms with Gasteiger partial charge in [-0.3, -0.25) is 0 Å². The molecule has 0 spiro atoms. The van der Waals surface area contributed by atoms with Crippen LogP contribution >= 0.6 is 0 Å². The highest BCUT2D eigenvalue weighted by Gasteiger charge is 2.21. The lowest BCUT2D eigenvalue weighted by Crippen LogP contribution is -2.34. The molecular weight excluding hydrogens is 328 g/mol. The van der Waals surface area contributed by atoms with Crippen LogP contribution in [0.15, 0.2) is 43.0 Å². The first-order valence-electron chi connectivity index (χ1n) is 9.42. The van der Waals surface area contributed by atoms with Crippen molar-refractivity contribution in [2.75, 3.05) is 18.5 Å².